The lowest BCUT2D eigenvalue weighted by Gasteiger charge is -2.24. The summed E-state index contributed by atoms with van der Waals surface area (Å²) in [6.45, 7) is 3.23. The van der Waals surface area contributed by atoms with Crippen LogP contribution < -0.4 is 9.64 Å². The number of aromatic hydroxyl groups is 1. The summed E-state index contributed by atoms with van der Waals surface area (Å²) in [7, 11) is 1.64. The third-order valence-corrected chi connectivity index (χ3v) is 4.28. The molecule has 2 heterocycles. The Morgan fingerprint density at radius 1 is 1.14 bits per heavy atom. The predicted molar refractivity (Wildman–Crippen MR) is 86.1 cm³/mol. The van der Waals surface area contributed by atoms with E-state index in [0.29, 0.717) is 11.6 Å². The minimum Gasteiger partial charge on any atom is -0.506 e. The molecule has 3 rings (SSSR count). The van der Waals surface area contributed by atoms with Crippen molar-refractivity contribution in [3.63, 3.8) is 0 Å². The standard InChI is InChI=1S/C18H22N2O2/c1-22-18-15(13-20-10-6-3-7-11-20)12-16(21)17(19-18)14-8-4-2-5-9-14/h2,4-5,8-9,12,21H,3,6-7,10-11,13H2,1H3/p+1. The fourth-order valence-electron chi connectivity index (χ4n) is 3.14. The molecule has 0 amide bonds. The van der Waals surface area contributed by atoms with Crippen LogP contribution in [-0.2, 0) is 6.54 Å². The van der Waals surface area contributed by atoms with Gasteiger partial charge in [-0.1, -0.05) is 30.3 Å². The molecule has 0 atom stereocenters. The van der Waals surface area contributed by atoms with E-state index in [1.54, 1.807) is 12.0 Å². The van der Waals surface area contributed by atoms with Gasteiger partial charge in [0.25, 0.3) is 0 Å². The number of nitrogens with zero attached hydrogens (tertiary/aromatic N) is 1. The molecule has 22 heavy (non-hydrogen) atoms. The summed E-state index contributed by atoms with van der Waals surface area (Å²) in [4.78, 5) is 6.08. The van der Waals surface area contributed by atoms with Crippen LogP contribution in [0.5, 0.6) is 11.6 Å². The van der Waals surface area contributed by atoms with Crippen LogP contribution in [0.2, 0.25) is 0 Å². The second-order valence-electron chi connectivity index (χ2n) is 5.88. The number of hydrogen-bond acceptors (Lipinski definition) is 3. The maximum atomic E-state index is 10.4. The molecule has 4 heteroatoms. The summed E-state index contributed by atoms with van der Waals surface area (Å²) in [5.74, 6) is 0.841. The second kappa shape index (κ2) is 6.79. The molecule has 4 nitrogen and oxygen atoms in total. The number of pyridine rings is 1. The molecule has 1 saturated heterocycles. The van der Waals surface area contributed by atoms with E-state index in [0.717, 1.165) is 17.7 Å². The summed E-state index contributed by atoms with van der Waals surface area (Å²) in [5.41, 5.74) is 2.46. The fraction of sp³-hybridized carbons (Fsp3) is 0.389. The summed E-state index contributed by atoms with van der Waals surface area (Å²) in [6.07, 6.45) is 3.88. The molecule has 2 aromatic rings. The van der Waals surface area contributed by atoms with E-state index in [-0.39, 0.29) is 5.75 Å². The van der Waals surface area contributed by atoms with E-state index in [4.69, 9.17) is 4.74 Å². The number of methoxy groups -OCH3 is 1. The largest absolute Gasteiger partial charge is 0.506 e. The molecule has 0 aliphatic carbocycles. The van der Waals surface area contributed by atoms with Crippen molar-refractivity contribution in [1.29, 1.82) is 0 Å². The summed E-state index contributed by atoms with van der Waals surface area (Å²) in [5, 5.41) is 10.4. The smallest absolute Gasteiger partial charge is 0.222 e. The van der Waals surface area contributed by atoms with Crippen LogP contribution >= 0.6 is 0 Å². The number of benzene rings is 1. The number of hydrogen-bond donors (Lipinski definition) is 2. The first-order valence-corrected chi connectivity index (χ1v) is 7.94. The van der Waals surface area contributed by atoms with Crippen LogP contribution in [0, 0.1) is 0 Å². The Balaban J connectivity index is 1.90. The fourth-order valence-corrected chi connectivity index (χ4v) is 3.14. The number of ether oxygens (including phenoxy) is 1. The van der Waals surface area contributed by atoms with Gasteiger partial charge in [-0.15, -0.1) is 0 Å². The molecule has 1 aromatic heterocycles. The van der Waals surface area contributed by atoms with Crippen molar-refractivity contribution in [3.8, 4) is 22.9 Å². The zero-order valence-corrected chi connectivity index (χ0v) is 13.0. The van der Waals surface area contributed by atoms with Gasteiger partial charge in [-0.05, 0) is 25.3 Å². The lowest BCUT2D eigenvalue weighted by Crippen LogP contribution is -3.11. The highest BCUT2D eigenvalue weighted by Gasteiger charge is 2.19. The molecule has 0 radical (unpaired) electrons. The lowest BCUT2D eigenvalue weighted by atomic mass is 10.1. The molecule has 0 saturated carbocycles. The van der Waals surface area contributed by atoms with Gasteiger partial charge in [-0.25, -0.2) is 4.98 Å². The van der Waals surface area contributed by atoms with Crippen molar-refractivity contribution in [1.82, 2.24) is 4.98 Å². The van der Waals surface area contributed by atoms with E-state index in [2.05, 4.69) is 4.98 Å². The topological polar surface area (TPSA) is 46.8 Å². The maximum Gasteiger partial charge on any atom is 0.222 e. The SMILES string of the molecule is COc1nc(-c2ccccc2)c(O)cc1C[NH+]1CCCCC1. The van der Waals surface area contributed by atoms with Crippen LogP contribution in [0.25, 0.3) is 11.3 Å². The van der Waals surface area contributed by atoms with Gasteiger partial charge in [0.05, 0.1) is 25.8 Å². The minimum absolute atomic E-state index is 0.221. The number of nitrogens with one attached hydrogen (secondary N) is 1. The van der Waals surface area contributed by atoms with Gasteiger partial charge < -0.3 is 14.7 Å². The average Bonchev–Trinajstić information content (AvgIpc) is 2.57. The van der Waals surface area contributed by atoms with Crippen molar-refractivity contribution >= 4 is 0 Å². The van der Waals surface area contributed by atoms with Crippen molar-refractivity contribution in [2.75, 3.05) is 20.2 Å². The highest BCUT2D eigenvalue weighted by molar-refractivity contribution is 5.67. The highest BCUT2D eigenvalue weighted by Crippen LogP contribution is 2.31. The lowest BCUT2D eigenvalue weighted by molar-refractivity contribution is -0.918. The van der Waals surface area contributed by atoms with E-state index in [1.165, 1.54) is 32.4 Å². The quantitative estimate of drug-likeness (QED) is 0.908. The monoisotopic (exact) mass is 299 g/mol. The zero-order valence-electron chi connectivity index (χ0n) is 13.0. The first kappa shape index (κ1) is 14.9. The van der Waals surface area contributed by atoms with Gasteiger partial charge in [0, 0.05) is 5.56 Å². The molecule has 1 fully saturated rings. The Labute approximate surface area is 131 Å². The van der Waals surface area contributed by atoms with E-state index in [1.807, 2.05) is 36.4 Å². The van der Waals surface area contributed by atoms with E-state index < -0.39 is 0 Å². The Hall–Kier alpha value is -2.07. The van der Waals surface area contributed by atoms with E-state index >= 15 is 0 Å². The molecule has 0 bridgehead atoms. The molecule has 116 valence electrons. The van der Waals surface area contributed by atoms with Crippen molar-refractivity contribution in [3.05, 3.63) is 42.0 Å². The first-order valence-electron chi connectivity index (χ1n) is 7.94. The van der Waals surface area contributed by atoms with Crippen molar-refractivity contribution in [2.45, 2.75) is 25.8 Å². The molecule has 0 spiro atoms. The van der Waals surface area contributed by atoms with Gasteiger partial charge >= 0.3 is 0 Å². The summed E-state index contributed by atoms with van der Waals surface area (Å²) < 4.78 is 5.47. The number of quaternary nitrogens is 1. The Morgan fingerprint density at radius 2 is 1.86 bits per heavy atom. The van der Waals surface area contributed by atoms with Gasteiger partial charge in [0.2, 0.25) is 5.88 Å². The van der Waals surface area contributed by atoms with E-state index in [9.17, 15) is 5.11 Å². The molecule has 1 aliphatic rings. The number of aromatic nitrogens is 1. The van der Waals surface area contributed by atoms with Crippen LogP contribution in [0.1, 0.15) is 24.8 Å². The van der Waals surface area contributed by atoms with Crippen LogP contribution in [0.3, 0.4) is 0 Å². The molecule has 1 aliphatic heterocycles. The van der Waals surface area contributed by atoms with Crippen molar-refractivity contribution < 1.29 is 14.7 Å². The molecule has 1 aromatic carbocycles. The number of piperidine rings is 1. The van der Waals surface area contributed by atoms with Gasteiger partial charge in [0.1, 0.15) is 18.0 Å². The molecule has 2 N–H and O–H groups in total. The van der Waals surface area contributed by atoms with Gasteiger partial charge in [-0.3, -0.25) is 0 Å². The number of likely N-dealkylation sites (tertiary alicyclic amines) is 1. The van der Waals surface area contributed by atoms with Crippen LogP contribution in [0.15, 0.2) is 36.4 Å². The Morgan fingerprint density at radius 3 is 2.55 bits per heavy atom. The predicted octanol–water partition coefficient (Wildman–Crippen LogP) is 2.03. The third kappa shape index (κ3) is 3.22. The average molecular weight is 299 g/mol. The Bertz CT molecular complexity index is 622. The highest BCUT2D eigenvalue weighted by atomic mass is 16.5. The molecular weight excluding hydrogens is 276 g/mol. The third-order valence-electron chi connectivity index (χ3n) is 4.28. The number of rotatable bonds is 4. The zero-order chi connectivity index (χ0) is 15.4. The maximum absolute atomic E-state index is 10.4. The van der Waals surface area contributed by atoms with Crippen molar-refractivity contribution in [2.24, 2.45) is 0 Å². The molecular formula is C18H23N2O2+. The van der Waals surface area contributed by atoms with Crippen LogP contribution in [0.4, 0.5) is 0 Å². The minimum atomic E-state index is 0.221. The second-order valence-corrected chi connectivity index (χ2v) is 5.88. The van der Waals surface area contributed by atoms with Gasteiger partial charge in [0.15, 0.2) is 0 Å². The van der Waals surface area contributed by atoms with Gasteiger partial charge in [-0.2, -0.15) is 0 Å². The summed E-state index contributed by atoms with van der Waals surface area (Å²) in [6, 6.07) is 11.5. The summed E-state index contributed by atoms with van der Waals surface area (Å²) >= 11 is 0. The first-order chi connectivity index (χ1) is 10.8. The Kier molecular flexibility index (Phi) is 4.59. The van der Waals surface area contributed by atoms with Crippen LogP contribution in [-0.4, -0.2) is 30.3 Å². The normalized spacial score (nSPS) is 15.7. The molecule has 0 unspecified atom stereocenters.